The van der Waals surface area contributed by atoms with Crippen molar-refractivity contribution in [3.63, 3.8) is 0 Å². The average molecular weight is 477 g/mol. The minimum absolute atomic E-state index is 0.0115. The van der Waals surface area contributed by atoms with E-state index in [9.17, 15) is 19.9 Å². The molecule has 10 heteroatoms. The molecule has 1 heterocycles. The van der Waals surface area contributed by atoms with Crippen molar-refractivity contribution in [1.29, 1.82) is 0 Å². The molecule has 1 amide bonds. The van der Waals surface area contributed by atoms with Crippen molar-refractivity contribution in [3.8, 4) is 0 Å². The molecule has 30 heavy (non-hydrogen) atoms. The monoisotopic (exact) mass is 476 g/mol. The number of halogens is 1. The third-order valence-electron chi connectivity index (χ3n) is 4.49. The van der Waals surface area contributed by atoms with Crippen LogP contribution in [0.3, 0.4) is 0 Å². The molecule has 0 aliphatic rings. The number of aromatic nitrogens is 3. The highest BCUT2D eigenvalue weighted by atomic mass is 79.9. The molecule has 0 saturated heterocycles. The lowest BCUT2D eigenvalue weighted by atomic mass is 10.00. The quantitative estimate of drug-likeness (QED) is 0.335. The summed E-state index contributed by atoms with van der Waals surface area (Å²) in [5.41, 5.74) is 1.94. The Bertz CT molecular complexity index is 1040. The largest absolute Gasteiger partial charge is 0.464 e. The lowest BCUT2D eigenvalue weighted by molar-refractivity contribution is -0.153. The molecule has 0 saturated carbocycles. The van der Waals surface area contributed by atoms with Crippen molar-refractivity contribution < 1.29 is 24.6 Å². The van der Waals surface area contributed by atoms with Gasteiger partial charge in [0.2, 0.25) is 0 Å². The van der Waals surface area contributed by atoms with Gasteiger partial charge in [-0.3, -0.25) is 4.79 Å². The maximum atomic E-state index is 12.8. The van der Waals surface area contributed by atoms with E-state index in [2.05, 4.69) is 31.6 Å². The summed E-state index contributed by atoms with van der Waals surface area (Å²) in [4.78, 5) is 25.2. The number of esters is 1. The highest BCUT2D eigenvalue weighted by Gasteiger charge is 2.24. The normalized spacial score (nSPS) is 13.0. The van der Waals surface area contributed by atoms with E-state index in [0.29, 0.717) is 22.3 Å². The van der Waals surface area contributed by atoms with E-state index in [4.69, 9.17) is 4.74 Å². The lowest BCUT2D eigenvalue weighted by Gasteiger charge is -2.21. The van der Waals surface area contributed by atoms with Crippen LogP contribution < -0.4 is 5.32 Å². The predicted octanol–water partition coefficient (Wildman–Crippen LogP) is 2.09. The number of benzene rings is 2. The molecule has 3 N–H and O–H groups in total. The van der Waals surface area contributed by atoms with Crippen LogP contribution in [-0.4, -0.2) is 56.1 Å². The molecule has 0 aliphatic carbocycles. The van der Waals surface area contributed by atoms with Gasteiger partial charge in [-0.05, 0) is 54.5 Å². The molecular weight excluding hydrogens is 456 g/mol. The molecule has 0 bridgehead atoms. The van der Waals surface area contributed by atoms with E-state index in [1.54, 1.807) is 19.1 Å². The number of carbonyl (C=O) groups is 2. The van der Waals surface area contributed by atoms with Crippen molar-refractivity contribution in [3.05, 3.63) is 58.1 Å². The summed E-state index contributed by atoms with van der Waals surface area (Å²) in [7, 11) is 0. The number of hydrogen-bond donors (Lipinski definition) is 3. The fraction of sp³-hybridized carbons (Fsp3) is 0.300. The SMILES string of the molecule is CCOC(=O)[C@H](O)C[C@@H](Cc1ccc(Br)cc1)NC(=O)c1ccc2nnn(O)c2c1. The fourth-order valence-corrected chi connectivity index (χ4v) is 3.28. The fourth-order valence-electron chi connectivity index (χ4n) is 3.02. The number of fused-ring (bicyclic) bond motifs is 1. The number of aliphatic hydroxyl groups excluding tert-OH is 1. The van der Waals surface area contributed by atoms with Gasteiger partial charge in [-0.1, -0.05) is 32.9 Å². The second-order valence-corrected chi connectivity index (χ2v) is 7.60. The Balaban J connectivity index is 1.78. The first-order chi connectivity index (χ1) is 14.4. The van der Waals surface area contributed by atoms with Crippen LogP contribution in [0.15, 0.2) is 46.9 Å². The number of amides is 1. The third-order valence-corrected chi connectivity index (χ3v) is 5.02. The van der Waals surface area contributed by atoms with Crippen molar-refractivity contribution in [2.45, 2.75) is 31.9 Å². The van der Waals surface area contributed by atoms with E-state index >= 15 is 0 Å². The van der Waals surface area contributed by atoms with Crippen LogP contribution in [0, 0.1) is 0 Å². The molecule has 3 aromatic rings. The molecule has 0 unspecified atom stereocenters. The Morgan fingerprint density at radius 1 is 1.23 bits per heavy atom. The Morgan fingerprint density at radius 3 is 2.67 bits per heavy atom. The van der Waals surface area contributed by atoms with Gasteiger partial charge < -0.3 is 20.4 Å². The lowest BCUT2D eigenvalue weighted by Crippen LogP contribution is -2.41. The number of nitrogens with zero attached hydrogens (tertiary/aromatic N) is 3. The molecule has 0 spiro atoms. The van der Waals surface area contributed by atoms with Gasteiger partial charge in [0, 0.05) is 22.5 Å². The molecule has 2 aromatic carbocycles. The van der Waals surface area contributed by atoms with Crippen LogP contribution in [0.25, 0.3) is 11.0 Å². The zero-order valence-electron chi connectivity index (χ0n) is 16.2. The maximum Gasteiger partial charge on any atom is 0.335 e. The number of ether oxygens (including phenoxy) is 1. The number of aliphatic hydroxyl groups is 1. The van der Waals surface area contributed by atoms with Crippen LogP contribution in [0.5, 0.6) is 0 Å². The summed E-state index contributed by atoms with van der Waals surface area (Å²) in [5, 5.41) is 30.0. The zero-order chi connectivity index (χ0) is 21.7. The molecule has 0 aliphatic heterocycles. The topological polar surface area (TPSA) is 127 Å². The Hall–Kier alpha value is -2.98. The molecule has 2 atom stereocenters. The first-order valence-corrected chi connectivity index (χ1v) is 10.1. The second kappa shape index (κ2) is 9.68. The predicted molar refractivity (Wildman–Crippen MR) is 111 cm³/mol. The first kappa shape index (κ1) is 21.7. The van der Waals surface area contributed by atoms with Gasteiger partial charge in [-0.15, -0.1) is 5.10 Å². The van der Waals surface area contributed by atoms with Crippen molar-refractivity contribution >= 4 is 38.8 Å². The van der Waals surface area contributed by atoms with Gasteiger partial charge in [0.25, 0.3) is 5.91 Å². The summed E-state index contributed by atoms with van der Waals surface area (Å²) in [5.74, 6) is -1.15. The van der Waals surface area contributed by atoms with E-state index in [1.807, 2.05) is 24.3 Å². The number of rotatable bonds is 8. The highest BCUT2D eigenvalue weighted by molar-refractivity contribution is 9.10. The summed E-state index contributed by atoms with van der Waals surface area (Å²) in [6.07, 6.45) is -0.976. The van der Waals surface area contributed by atoms with Crippen molar-refractivity contribution in [2.75, 3.05) is 6.61 Å². The van der Waals surface area contributed by atoms with E-state index in [1.165, 1.54) is 6.07 Å². The standard InChI is InChI=1S/C20H21BrN4O5/c1-2-30-20(28)18(26)11-15(9-12-3-6-14(21)7-4-12)22-19(27)13-5-8-16-17(10-13)25(29)24-23-16/h3-8,10,15,18,26,29H,2,9,11H2,1H3,(H,22,27)/t15-,18-/m1/s1. The number of nitrogens with one attached hydrogen (secondary N) is 1. The third kappa shape index (κ3) is 5.33. The Labute approximate surface area is 180 Å². The smallest absolute Gasteiger partial charge is 0.335 e. The van der Waals surface area contributed by atoms with Crippen LogP contribution in [0.2, 0.25) is 0 Å². The Morgan fingerprint density at radius 2 is 1.97 bits per heavy atom. The highest BCUT2D eigenvalue weighted by Crippen LogP contribution is 2.16. The van der Waals surface area contributed by atoms with Crippen LogP contribution in [0.1, 0.15) is 29.3 Å². The van der Waals surface area contributed by atoms with E-state index in [0.717, 1.165) is 10.0 Å². The molecule has 0 radical (unpaired) electrons. The average Bonchev–Trinajstić information content (AvgIpc) is 3.10. The zero-order valence-corrected chi connectivity index (χ0v) is 17.7. The summed E-state index contributed by atoms with van der Waals surface area (Å²) in [6.45, 7) is 1.81. The summed E-state index contributed by atoms with van der Waals surface area (Å²) < 4.78 is 5.78. The summed E-state index contributed by atoms with van der Waals surface area (Å²) >= 11 is 3.38. The van der Waals surface area contributed by atoms with E-state index in [-0.39, 0.29) is 18.6 Å². The Kier molecular flexibility index (Phi) is 7.01. The van der Waals surface area contributed by atoms with Crippen molar-refractivity contribution in [2.24, 2.45) is 0 Å². The first-order valence-electron chi connectivity index (χ1n) is 9.32. The summed E-state index contributed by atoms with van der Waals surface area (Å²) in [6, 6.07) is 11.6. The van der Waals surface area contributed by atoms with Gasteiger partial charge in [-0.2, -0.15) is 0 Å². The molecular formula is C20H21BrN4O5. The van der Waals surface area contributed by atoms with Gasteiger partial charge in [0.1, 0.15) is 11.0 Å². The van der Waals surface area contributed by atoms with Gasteiger partial charge in [-0.25, -0.2) is 4.79 Å². The maximum absolute atomic E-state index is 12.8. The number of hydrogen-bond acceptors (Lipinski definition) is 7. The van der Waals surface area contributed by atoms with Crippen LogP contribution in [-0.2, 0) is 16.0 Å². The molecule has 9 nitrogen and oxygen atoms in total. The van der Waals surface area contributed by atoms with E-state index < -0.39 is 24.0 Å². The van der Waals surface area contributed by atoms with Gasteiger partial charge >= 0.3 is 5.97 Å². The molecule has 1 aromatic heterocycles. The second-order valence-electron chi connectivity index (χ2n) is 6.69. The van der Waals surface area contributed by atoms with Gasteiger partial charge in [0.15, 0.2) is 6.10 Å². The molecule has 158 valence electrons. The van der Waals surface area contributed by atoms with Crippen LogP contribution >= 0.6 is 15.9 Å². The van der Waals surface area contributed by atoms with Crippen molar-refractivity contribution in [1.82, 2.24) is 20.5 Å². The minimum atomic E-state index is -1.36. The van der Waals surface area contributed by atoms with Gasteiger partial charge in [0.05, 0.1) is 6.61 Å². The minimum Gasteiger partial charge on any atom is -0.464 e. The molecule has 3 rings (SSSR count). The van der Waals surface area contributed by atoms with Crippen LogP contribution in [0.4, 0.5) is 0 Å². The molecule has 0 fully saturated rings. The number of carbonyl (C=O) groups excluding carboxylic acids is 2.